The van der Waals surface area contributed by atoms with Crippen molar-refractivity contribution in [1.29, 1.82) is 5.26 Å². The zero-order valence-electron chi connectivity index (χ0n) is 8.18. The molecule has 0 radical (unpaired) electrons. The molecule has 0 spiro atoms. The van der Waals surface area contributed by atoms with Crippen molar-refractivity contribution in [1.82, 2.24) is 4.90 Å². The predicted octanol–water partition coefficient (Wildman–Crippen LogP) is -0.933. The fraction of sp³-hybridized carbons (Fsp3) is 0.778. The quantitative estimate of drug-likeness (QED) is 0.598. The van der Waals surface area contributed by atoms with Crippen molar-refractivity contribution < 1.29 is 9.90 Å². The topological polar surface area (TPSA) is 90.3 Å². The minimum absolute atomic E-state index is 0.117. The molecule has 1 rings (SSSR count). The molecule has 3 N–H and O–H groups in total. The third kappa shape index (κ3) is 2.03. The zero-order chi connectivity index (χ0) is 10.7. The fourth-order valence-electron chi connectivity index (χ4n) is 1.69. The number of hydrogen-bond donors (Lipinski definition) is 2. The Morgan fingerprint density at radius 1 is 1.86 bits per heavy atom. The molecule has 78 valence electrons. The molecule has 1 aliphatic heterocycles. The smallest absolute Gasteiger partial charge is 0.240 e. The number of nitrogens with zero attached hydrogens (tertiary/aromatic N) is 2. The van der Waals surface area contributed by atoms with Crippen LogP contribution in [-0.2, 0) is 4.79 Å². The lowest BCUT2D eigenvalue weighted by Gasteiger charge is -2.23. The van der Waals surface area contributed by atoms with Crippen molar-refractivity contribution in [2.75, 3.05) is 13.1 Å². The highest BCUT2D eigenvalue weighted by Crippen LogP contribution is 2.19. The van der Waals surface area contributed by atoms with Gasteiger partial charge in [0.2, 0.25) is 5.91 Å². The van der Waals surface area contributed by atoms with Gasteiger partial charge in [0.15, 0.2) is 0 Å². The molecule has 1 aliphatic rings. The summed E-state index contributed by atoms with van der Waals surface area (Å²) in [6.45, 7) is 2.19. The first kappa shape index (κ1) is 11.0. The van der Waals surface area contributed by atoms with Crippen LogP contribution in [0, 0.1) is 17.2 Å². The van der Waals surface area contributed by atoms with Crippen LogP contribution in [0.15, 0.2) is 0 Å². The number of aliphatic hydroxyl groups is 1. The molecule has 0 aromatic rings. The molecule has 5 heteroatoms. The highest BCUT2D eigenvalue weighted by molar-refractivity contribution is 5.81. The van der Waals surface area contributed by atoms with E-state index >= 15 is 0 Å². The van der Waals surface area contributed by atoms with Crippen LogP contribution in [0.5, 0.6) is 0 Å². The Kier molecular flexibility index (Phi) is 3.44. The molecule has 0 saturated carbocycles. The maximum Gasteiger partial charge on any atom is 0.240 e. The molecule has 1 amide bonds. The van der Waals surface area contributed by atoms with Gasteiger partial charge in [0.1, 0.15) is 5.92 Å². The van der Waals surface area contributed by atoms with Gasteiger partial charge < -0.3 is 15.7 Å². The van der Waals surface area contributed by atoms with Crippen molar-refractivity contribution in [3.8, 4) is 6.07 Å². The zero-order valence-corrected chi connectivity index (χ0v) is 8.18. The van der Waals surface area contributed by atoms with E-state index in [4.69, 9.17) is 11.0 Å². The summed E-state index contributed by atoms with van der Waals surface area (Å²) < 4.78 is 0. The average molecular weight is 197 g/mol. The number of carbonyl (C=O) groups excluding carboxylic acids is 1. The van der Waals surface area contributed by atoms with Gasteiger partial charge in [-0.15, -0.1) is 0 Å². The number of amides is 1. The molecular formula is C9H15N3O2. The number of β-amino-alcohol motifs (C(OH)–C–C–N with tert-alkyl or cyclic N) is 1. The van der Waals surface area contributed by atoms with Gasteiger partial charge in [-0.2, -0.15) is 5.26 Å². The van der Waals surface area contributed by atoms with Gasteiger partial charge >= 0.3 is 0 Å². The second-order valence-corrected chi connectivity index (χ2v) is 3.62. The van der Waals surface area contributed by atoms with E-state index in [0.717, 1.165) is 0 Å². The average Bonchev–Trinajstić information content (AvgIpc) is 2.57. The summed E-state index contributed by atoms with van der Waals surface area (Å²) in [4.78, 5) is 13.1. The monoisotopic (exact) mass is 197 g/mol. The normalized spacial score (nSPS) is 28.6. The van der Waals surface area contributed by atoms with E-state index in [0.29, 0.717) is 19.5 Å². The van der Waals surface area contributed by atoms with Crippen LogP contribution in [-0.4, -0.2) is 41.1 Å². The minimum atomic E-state index is -0.658. The molecule has 1 fully saturated rings. The van der Waals surface area contributed by atoms with Crippen molar-refractivity contribution >= 4 is 5.91 Å². The van der Waals surface area contributed by atoms with Crippen LogP contribution < -0.4 is 5.73 Å². The van der Waals surface area contributed by atoms with E-state index in [-0.39, 0.29) is 11.9 Å². The van der Waals surface area contributed by atoms with Crippen molar-refractivity contribution in [3.63, 3.8) is 0 Å². The van der Waals surface area contributed by atoms with E-state index < -0.39 is 12.0 Å². The summed E-state index contributed by atoms with van der Waals surface area (Å²) >= 11 is 0. The summed E-state index contributed by atoms with van der Waals surface area (Å²) in [5.41, 5.74) is 5.48. The van der Waals surface area contributed by atoms with Gasteiger partial charge in [-0.3, -0.25) is 4.79 Å². The predicted molar refractivity (Wildman–Crippen MR) is 50.0 cm³/mol. The van der Waals surface area contributed by atoms with Crippen LogP contribution in [0.1, 0.15) is 13.3 Å². The fourth-order valence-corrected chi connectivity index (χ4v) is 1.69. The van der Waals surface area contributed by atoms with Gasteiger partial charge in [-0.25, -0.2) is 0 Å². The largest absolute Gasteiger partial charge is 0.391 e. The van der Waals surface area contributed by atoms with Crippen molar-refractivity contribution in [2.24, 2.45) is 11.7 Å². The van der Waals surface area contributed by atoms with E-state index in [9.17, 15) is 9.90 Å². The molecule has 3 atom stereocenters. The minimum Gasteiger partial charge on any atom is -0.391 e. The van der Waals surface area contributed by atoms with Gasteiger partial charge in [0, 0.05) is 19.1 Å². The third-order valence-corrected chi connectivity index (χ3v) is 2.51. The summed E-state index contributed by atoms with van der Waals surface area (Å²) in [7, 11) is 0. The Hall–Kier alpha value is -1.12. The summed E-state index contributed by atoms with van der Waals surface area (Å²) in [6, 6.07) is 1.77. The number of carbonyl (C=O) groups is 1. The van der Waals surface area contributed by atoms with Gasteiger partial charge in [-0.05, 0) is 13.3 Å². The summed E-state index contributed by atoms with van der Waals surface area (Å²) in [5, 5.41) is 18.0. The molecule has 1 unspecified atom stereocenters. The molecule has 0 aliphatic carbocycles. The van der Waals surface area contributed by atoms with Gasteiger partial charge in [0.05, 0.1) is 12.2 Å². The van der Waals surface area contributed by atoms with Gasteiger partial charge in [-0.1, -0.05) is 0 Å². The van der Waals surface area contributed by atoms with E-state index in [2.05, 4.69) is 0 Å². The molecule has 0 bridgehead atoms. The number of hydrogen-bond acceptors (Lipinski definition) is 4. The highest BCUT2D eigenvalue weighted by atomic mass is 16.3. The first-order valence-corrected chi connectivity index (χ1v) is 4.68. The molecule has 14 heavy (non-hydrogen) atoms. The Labute approximate surface area is 83.1 Å². The van der Waals surface area contributed by atoms with Crippen molar-refractivity contribution in [3.05, 3.63) is 0 Å². The lowest BCUT2D eigenvalue weighted by molar-refractivity contribution is -0.134. The Morgan fingerprint density at radius 3 is 3.00 bits per heavy atom. The first-order valence-electron chi connectivity index (χ1n) is 4.68. The summed E-state index contributed by atoms with van der Waals surface area (Å²) in [5.74, 6) is -0.895. The van der Waals surface area contributed by atoms with Crippen LogP contribution in [0.25, 0.3) is 0 Å². The molecule has 0 aromatic carbocycles. The maximum atomic E-state index is 11.6. The first-order chi connectivity index (χ1) is 6.60. The Balaban J connectivity index is 2.68. The van der Waals surface area contributed by atoms with Gasteiger partial charge in [0.25, 0.3) is 0 Å². The molecule has 1 saturated heterocycles. The molecule has 5 nitrogen and oxygen atoms in total. The number of rotatable bonds is 2. The lowest BCUT2D eigenvalue weighted by atomic mass is 10.1. The third-order valence-electron chi connectivity index (χ3n) is 2.51. The lowest BCUT2D eigenvalue weighted by Crippen LogP contribution is -2.42. The summed E-state index contributed by atoms with van der Waals surface area (Å²) in [6.07, 6.45) is 0.0128. The SMILES string of the molecule is CC(C#N)C(=O)N1C[C@H](O)C[C@H]1CN. The number of nitrogens with two attached hydrogens (primary N) is 1. The van der Waals surface area contributed by atoms with E-state index in [1.165, 1.54) is 4.90 Å². The van der Waals surface area contributed by atoms with Crippen LogP contribution in [0.3, 0.4) is 0 Å². The highest BCUT2D eigenvalue weighted by Gasteiger charge is 2.35. The Morgan fingerprint density at radius 2 is 2.50 bits per heavy atom. The second-order valence-electron chi connectivity index (χ2n) is 3.62. The van der Waals surface area contributed by atoms with E-state index in [1.807, 2.05) is 6.07 Å². The van der Waals surface area contributed by atoms with Crippen LogP contribution in [0.2, 0.25) is 0 Å². The number of likely N-dealkylation sites (tertiary alicyclic amines) is 1. The number of aliphatic hydroxyl groups excluding tert-OH is 1. The van der Waals surface area contributed by atoms with Crippen LogP contribution in [0.4, 0.5) is 0 Å². The Bertz CT molecular complexity index is 261. The molecular weight excluding hydrogens is 182 g/mol. The van der Waals surface area contributed by atoms with Crippen molar-refractivity contribution in [2.45, 2.75) is 25.5 Å². The van der Waals surface area contributed by atoms with Crippen LogP contribution >= 0.6 is 0 Å². The van der Waals surface area contributed by atoms with E-state index in [1.54, 1.807) is 6.92 Å². The number of nitriles is 1. The molecule has 0 aromatic heterocycles. The maximum absolute atomic E-state index is 11.6. The standard InChI is InChI=1S/C9H15N3O2/c1-6(3-10)9(14)12-5-8(13)2-7(12)4-11/h6-8,13H,2,4-5,11H2,1H3/t6?,7-,8+/m0/s1. The second kappa shape index (κ2) is 4.40. The molecule has 1 heterocycles.